The van der Waals surface area contributed by atoms with Crippen molar-refractivity contribution in [2.45, 2.75) is 64.5 Å². The molecule has 0 bridgehead atoms. The SMILES string of the molecule is CC1=N[C@@](C)([C@@]2(C)CCC(C)=N2)CC1. The molecule has 0 aromatic rings. The molecule has 0 fully saturated rings. The van der Waals surface area contributed by atoms with Crippen LogP contribution in [0.15, 0.2) is 9.98 Å². The molecule has 0 aliphatic carbocycles. The first-order valence-corrected chi connectivity index (χ1v) is 5.56. The van der Waals surface area contributed by atoms with Gasteiger partial charge in [0.1, 0.15) is 0 Å². The molecule has 0 saturated carbocycles. The molecule has 0 amide bonds. The van der Waals surface area contributed by atoms with Gasteiger partial charge in [0, 0.05) is 11.4 Å². The summed E-state index contributed by atoms with van der Waals surface area (Å²) in [5.74, 6) is 0. The topological polar surface area (TPSA) is 24.7 Å². The van der Waals surface area contributed by atoms with Crippen molar-refractivity contribution in [1.82, 2.24) is 0 Å². The molecule has 2 atom stereocenters. The van der Waals surface area contributed by atoms with E-state index in [0.717, 1.165) is 12.8 Å². The summed E-state index contributed by atoms with van der Waals surface area (Å²) >= 11 is 0. The molecule has 0 N–H and O–H groups in total. The average molecular weight is 192 g/mol. The molecule has 2 aliphatic rings. The summed E-state index contributed by atoms with van der Waals surface area (Å²) in [6, 6.07) is 0. The van der Waals surface area contributed by atoms with Crippen molar-refractivity contribution in [2.24, 2.45) is 9.98 Å². The molecule has 0 aromatic heterocycles. The normalized spacial score (nSPS) is 42.6. The predicted octanol–water partition coefficient (Wildman–Crippen LogP) is 3.01. The highest BCUT2D eigenvalue weighted by atomic mass is 15.0. The van der Waals surface area contributed by atoms with Crippen LogP contribution in [0.25, 0.3) is 0 Å². The fourth-order valence-electron chi connectivity index (χ4n) is 2.69. The van der Waals surface area contributed by atoms with E-state index in [0.29, 0.717) is 0 Å². The van der Waals surface area contributed by atoms with Crippen LogP contribution in [0.5, 0.6) is 0 Å². The Kier molecular flexibility index (Phi) is 2.06. The summed E-state index contributed by atoms with van der Waals surface area (Å²) in [6.07, 6.45) is 4.65. The van der Waals surface area contributed by atoms with Crippen LogP contribution in [0.2, 0.25) is 0 Å². The summed E-state index contributed by atoms with van der Waals surface area (Å²) in [5, 5.41) is 0. The predicted molar refractivity (Wildman–Crippen MR) is 61.5 cm³/mol. The Morgan fingerprint density at radius 1 is 0.857 bits per heavy atom. The molecule has 78 valence electrons. The highest BCUT2D eigenvalue weighted by Crippen LogP contribution is 2.43. The fourth-order valence-corrected chi connectivity index (χ4v) is 2.69. The molecule has 0 spiro atoms. The van der Waals surface area contributed by atoms with Crippen LogP contribution in [-0.2, 0) is 0 Å². The zero-order valence-corrected chi connectivity index (χ0v) is 9.72. The Labute approximate surface area is 86.5 Å². The van der Waals surface area contributed by atoms with Gasteiger partial charge in [0.2, 0.25) is 0 Å². The van der Waals surface area contributed by atoms with Crippen molar-refractivity contribution < 1.29 is 0 Å². The Hall–Kier alpha value is -0.660. The quantitative estimate of drug-likeness (QED) is 0.610. The summed E-state index contributed by atoms with van der Waals surface area (Å²) in [5.41, 5.74) is 2.73. The largest absolute Gasteiger partial charge is 0.286 e. The highest BCUT2D eigenvalue weighted by Gasteiger charge is 2.48. The summed E-state index contributed by atoms with van der Waals surface area (Å²) in [7, 11) is 0. The fraction of sp³-hybridized carbons (Fsp3) is 0.833. The van der Waals surface area contributed by atoms with Gasteiger partial charge in [-0.15, -0.1) is 0 Å². The van der Waals surface area contributed by atoms with Crippen molar-refractivity contribution in [3.05, 3.63) is 0 Å². The Bertz CT molecular complexity index is 284. The Balaban J connectivity index is 2.31. The van der Waals surface area contributed by atoms with Gasteiger partial charge < -0.3 is 0 Å². The van der Waals surface area contributed by atoms with Gasteiger partial charge in [-0.25, -0.2) is 0 Å². The highest BCUT2D eigenvalue weighted by molar-refractivity contribution is 5.86. The van der Waals surface area contributed by atoms with Gasteiger partial charge in [0.15, 0.2) is 0 Å². The van der Waals surface area contributed by atoms with Crippen molar-refractivity contribution in [1.29, 1.82) is 0 Å². The molecule has 14 heavy (non-hydrogen) atoms. The molecule has 2 rings (SSSR count). The minimum absolute atomic E-state index is 0.0643. The summed E-state index contributed by atoms with van der Waals surface area (Å²) < 4.78 is 0. The third-order valence-electron chi connectivity index (χ3n) is 3.98. The van der Waals surface area contributed by atoms with Crippen LogP contribution in [-0.4, -0.2) is 22.5 Å². The molecular formula is C12H20N2. The lowest BCUT2D eigenvalue weighted by Gasteiger charge is -2.36. The minimum atomic E-state index is 0.0643. The van der Waals surface area contributed by atoms with E-state index in [1.807, 2.05) is 0 Å². The van der Waals surface area contributed by atoms with E-state index < -0.39 is 0 Å². The van der Waals surface area contributed by atoms with Crippen LogP contribution in [0.1, 0.15) is 53.4 Å². The minimum Gasteiger partial charge on any atom is -0.286 e. The lowest BCUT2D eigenvalue weighted by Crippen LogP contribution is -2.44. The van der Waals surface area contributed by atoms with Gasteiger partial charge in [0.25, 0.3) is 0 Å². The second kappa shape index (κ2) is 2.91. The van der Waals surface area contributed by atoms with Crippen LogP contribution in [0.3, 0.4) is 0 Å². The summed E-state index contributed by atoms with van der Waals surface area (Å²) in [4.78, 5) is 9.64. The number of hydrogen-bond donors (Lipinski definition) is 0. The van der Waals surface area contributed by atoms with E-state index in [2.05, 4.69) is 27.7 Å². The Morgan fingerprint density at radius 2 is 1.21 bits per heavy atom. The van der Waals surface area contributed by atoms with Gasteiger partial charge in [-0.05, 0) is 53.4 Å². The number of rotatable bonds is 1. The molecule has 2 heterocycles. The summed E-state index contributed by atoms with van der Waals surface area (Å²) in [6.45, 7) is 8.82. The van der Waals surface area contributed by atoms with Crippen molar-refractivity contribution in [3.63, 3.8) is 0 Å². The van der Waals surface area contributed by atoms with Crippen LogP contribution < -0.4 is 0 Å². The smallest absolute Gasteiger partial charge is 0.0830 e. The number of hydrogen-bond acceptors (Lipinski definition) is 2. The molecule has 0 radical (unpaired) electrons. The second-order valence-corrected chi connectivity index (χ2v) is 5.24. The molecule has 0 saturated heterocycles. The molecular weight excluding hydrogens is 172 g/mol. The first-order valence-electron chi connectivity index (χ1n) is 5.56. The van der Waals surface area contributed by atoms with Gasteiger partial charge in [-0.2, -0.15) is 0 Å². The van der Waals surface area contributed by atoms with E-state index in [9.17, 15) is 0 Å². The van der Waals surface area contributed by atoms with Crippen molar-refractivity contribution in [2.75, 3.05) is 0 Å². The first-order chi connectivity index (χ1) is 6.45. The molecule has 0 aromatic carbocycles. The molecule has 2 aliphatic heterocycles. The monoisotopic (exact) mass is 192 g/mol. The van der Waals surface area contributed by atoms with E-state index in [1.165, 1.54) is 24.3 Å². The first kappa shape index (κ1) is 9.88. The zero-order valence-electron chi connectivity index (χ0n) is 9.72. The third-order valence-corrected chi connectivity index (χ3v) is 3.98. The molecule has 0 unspecified atom stereocenters. The van der Waals surface area contributed by atoms with Gasteiger partial charge in [0.05, 0.1) is 11.1 Å². The lowest BCUT2D eigenvalue weighted by molar-refractivity contribution is 0.265. The lowest BCUT2D eigenvalue weighted by atomic mass is 9.77. The van der Waals surface area contributed by atoms with Gasteiger partial charge in [-0.3, -0.25) is 9.98 Å². The van der Waals surface area contributed by atoms with Gasteiger partial charge >= 0.3 is 0 Å². The zero-order chi connectivity index (χ0) is 10.4. The van der Waals surface area contributed by atoms with Gasteiger partial charge in [-0.1, -0.05) is 0 Å². The Morgan fingerprint density at radius 3 is 1.43 bits per heavy atom. The standard InChI is InChI=1S/C12H20N2/c1-9-5-7-11(3,13-9)12(4)8-6-10(2)14-12/h5-8H2,1-4H3/t11-,12-/m1/s1. The van der Waals surface area contributed by atoms with Crippen LogP contribution in [0.4, 0.5) is 0 Å². The maximum absolute atomic E-state index is 4.82. The second-order valence-electron chi connectivity index (χ2n) is 5.24. The van der Waals surface area contributed by atoms with Crippen LogP contribution >= 0.6 is 0 Å². The molecule has 2 heteroatoms. The van der Waals surface area contributed by atoms with E-state index in [4.69, 9.17) is 9.98 Å². The molecule has 2 nitrogen and oxygen atoms in total. The van der Waals surface area contributed by atoms with Crippen molar-refractivity contribution >= 4 is 11.4 Å². The van der Waals surface area contributed by atoms with E-state index in [-0.39, 0.29) is 11.1 Å². The van der Waals surface area contributed by atoms with E-state index in [1.54, 1.807) is 0 Å². The third kappa shape index (κ3) is 1.32. The maximum atomic E-state index is 4.82. The van der Waals surface area contributed by atoms with Crippen LogP contribution in [0, 0.1) is 0 Å². The van der Waals surface area contributed by atoms with E-state index >= 15 is 0 Å². The number of nitrogens with zero attached hydrogens (tertiary/aromatic N) is 2. The average Bonchev–Trinajstić information content (AvgIpc) is 2.59. The van der Waals surface area contributed by atoms with Crippen molar-refractivity contribution in [3.8, 4) is 0 Å². The maximum Gasteiger partial charge on any atom is 0.0830 e. The number of aliphatic imine (C=N–C) groups is 2.